The second-order valence-electron chi connectivity index (χ2n) is 6.66. The normalized spacial score (nSPS) is 17.4. The summed E-state index contributed by atoms with van der Waals surface area (Å²) in [6.45, 7) is 6.18. The zero-order valence-electron chi connectivity index (χ0n) is 15.7. The van der Waals surface area contributed by atoms with Gasteiger partial charge in [-0.25, -0.2) is 4.99 Å². The molecule has 3 N–H and O–H groups in total. The molecule has 1 unspecified atom stereocenters. The molecule has 0 heterocycles. The number of hydrogen-bond acceptors (Lipinski definition) is 3. The number of nitrogens with zero attached hydrogens (tertiary/aromatic N) is 1. The highest BCUT2D eigenvalue weighted by Gasteiger charge is 2.15. The van der Waals surface area contributed by atoms with E-state index in [9.17, 15) is 4.79 Å². The maximum atomic E-state index is 11.7. The molecule has 6 nitrogen and oxygen atoms in total. The molecule has 0 radical (unpaired) electrons. The number of rotatable bonds is 10. The first-order valence-corrected chi connectivity index (χ1v) is 9.46. The number of nitrogens with one attached hydrogen (secondary N) is 3. The van der Waals surface area contributed by atoms with Gasteiger partial charge in [0, 0.05) is 26.2 Å². The van der Waals surface area contributed by atoms with Gasteiger partial charge >= 0.3 is 0 Å². The second-order valence-corrected chi connectivity index (χ2v) is 6.66. The van der Waals surface area contributed by atoms with Crippen molar-refractivity contribution in [1.29, 1.82) is 0 Å². The Hall–Kier alpha value is -1.30. The number of guanidine groups is 1. The van der Waals surface area contributed by atoms with Gasteiger partial charge in [-0.3, -0.25) is 4.79 Å². The van der Waals surface area contributed by atoms with E-state index >= 15 is 0 Å². The van der Waals surface area contributed by atoms with E-state index in [0.29, 0.717) is 19.2 Å². The van der Waals surface area contributed by atoms with Crippen molar-refractivity contribution in [2.45, 2.75) is 64.8 Å². The van der Waals surface area contributed by atoms with Crippen molar-refractivity contribution in [2.24, 2.45) is 10.9 Å². The standard InChI is InChI=1S/C18H36N4O2/c1-4-19-18(21-14-17(23)20-12-13-24-3)22-15(2)10-11-16-8-6-5-7-9-16/h15-16H,4-14H2,1-3H3,(H,20,23)(H2,19,21,22). The summed E-state index contributed by atoms with van der Waals surface area (Å²) < 4.78 is 4.91. The van der Waals surface area contributed by atoms with Crippen LogP contribution in [-0.2, 0) is 9.53 Å². The van der Waals surface area contributed by atoms with Gasteiger partial charge in [-0.1, -0.05) is 32.1 Å². The zero-order valence-corrected chi connectivity index (χ0v) is 15.7. The van der Waals surface area contributed by atoms with Crippen LogP contribution in [0, 0.1) is 5.92 Å². The molecule has 0 spiro atoms. The van der Waals surface area contributed by atoms with E-state index in [-0.39, 0.29) is 12.5 Å². The average Bonchev–Trinajstić information content (AvgIpc) is 2.59. The minimum atomic E-state index is -0.0842. The predicted molar refractivity (Wildman–Crippen MR) is 99.3 cm³/mol. The van der Waals surface area contributed by atoms with Gasteiger partial charge in [0.25, 0.3) is 0 Å². The molecule has 6 heteroatoms. The molecule has 24 heavy (non-hydrogen) atoms. The van der Waals surface area contributed by atoms with E-state index in [1.807, 2.05) is 6.92 Å². The third-order valence-electron chi connectivity index (χ3n) is 4.47. The van der Waals surface area contributed by atoms with Crippen LogP contribution < -0.4 is 16.0 Å². The molecule has 1 atom stereocenters. The van der Waals surface area contributed by atoms with Crippen molar-refractivity contribution in [3.05, 3.63) is 0 Å². The lowest BCUT2D eigenvalue weighted by Crippen LogP contribution is -2.43. The summed E-state index contributed by atoms with van der Waals surface area (Å²) in [7, 11) is 1.62. The van der Waals surface area contributed by atoms with E-state index in [0.717, 1.165) is 24.8 Å². The molecule has 0 bridgehead atoms. The number of carbonyl (C=O) groups excluding carboxylic acids is 1. The first kappa shape index (κ1) is 20.7. The first-order chi connectivity index (χ1) is 11.7. The number of methoxy groups -OCH3 is 1. The molecule has 1 fully saturated rings. The molecule has 1 aliphatic rings. The third-order valence-corrected chi connectivity index (χ3v) is 4.47. The summed E-state index contributed by atoms with van der Waals surface area (Å²) >= 11 is 0. The molecular formula is C18H36N4O2. The smallest absolute Gasteiger partial charge is 0.241 e. The monoisotopic (exact) mass is 340 g/mol. The Balaban J connectivity index is 2.31. The van der Waals surface area contributed by atoms with Crippen molar-refractivity contribution in [3.63, 3.8) is 0 Å². The minimum absolute atomic E-state index is 0.0842. The van der Waals surface area contributed by atoms with Gasteiger partial charge in [-0.2, -0.15) is 0 Å². The maximum absolute atomic E-state index is 11.7. The summed E-state index contributed by atoms with van der Waals surface area (Å²) in [5.74, 6) is 1.53. The van der Waals surface area contributed by atoms with Gasteiger partial charge in [-0.15, -0.1) is 0 Å². The third kappa shape index (κ3) is 9.75. The molecule has 140 valence electrons. The summed E-state index contributed by atoms with van der Waals surface area (Å²) in [6.07, 6.45) is 9.42. The van der Waals surface area contributed by atoms with Gasteiger partial charge in [0.1, 0.15) is 6.54 Å². The van der Waals surface area contributed by atoms with Crippen LogP contribution in [0.25, 0.3) is 0 Å². The number of carbonyl (C=O) groups is 1. The van der Waals surface area contributed by atoms with Gasteiger partial charge in [-0.05, 0) is 32.6 Å². The number of amides is 1. The fourth-order valence-electron chi connectivity index (χ4n) is 3.09. The maximum Gasteiger partial charge on any atom is 0.241 e. The van der Waals surface area contributed by atoms with Crippen molar-refractivity contribution in [1.82, 2.24) is 16.0 Å². The SMILES string of the molecule is CCNC(=NCC(=O)NCCOC)NC(C)CCC1CCCCC1. The number of hydrogen-bond donors (Lipinski definition) is 3. The van der Waals surface area contributed by atoms with Crippen molar-refractivity contribution in [3.8, 4) is 0 Å². The summed E-state index contributed by atoms with van der Waals surface area (Å²) in [5.41, 5.74) is 0. The Labute approximate surface area is 147 Å². The van der Waals surface area contributed by atoms with Crippen LogP contribution in [0.4, 0.5) is 0 Å². The van der Waals surface area contributed by atoms with Crippen LogP contribution >= 0.6 is 0 Å². The van der Waals surface area contributed by atoms with Crippen LogP contribution in [0.1, 0.15) is 58.8 Å². The van der Waals surface area contributed by atoms with Gasteiger partial charge in [0.2, 0.25) is 5.91 Å². The van der Waals surface area contributed by atoms with Crippen molar-refractivity contribution in [2.75, 3.05) is 33.4 Å². The highest BCUT2D eigenvalue weighted by Crippen LogP contribution is 2.27. The Morgan fingerprint density at radius 3 is 2.67 bits per heavy atom. The van der Waals surface area contributed by atoms with Crippen LogP contribution in [0.5, 0.6) is 0 Å². The topological polar surface area (TPSA) is 74.8 Å². The predicted octanol–water partition coefficient (Wildman–Crippen LogP) is 2.05. The Bertz CT molecular complexity index is 368. The molecule has 1 rings (SSSR count). The molecule has 0 aliphatic heterocycles. The van der Waals surface area contributed by atoms with Gasteiger partial charge < -0.3 is 20.7 Å². The molecule has 0 aromatic carbocycles. The molecule has 0 saturated heterocycles. The second kappa shape index (κ2) is 13.0. The average molecular weight is 341 g/mol. The van der Waals surface area contributed by atoms with Gasteiger partial charge in [0.15, 0.2) is 5.96 Å². The van der Waals surface area contributed by atoms with Crippen LogP contribution in [0.3, 0.4) is 0 Å². The summed E-state index contributed by atoms with van der Waals surface area (Å²) in [6, 6.07) is 0.362. The lowest BCUT2D eigenvalue weighted by molar-refractivity contribution is -0.119. The number of aliphatic imine (C=N–C) groups is 1. The van der Waals surface area contributed by atoms with E-state index in [1.165, 1.54) is 38.5 Å². The van der Waals surface area contributed by atoms with E-state index in [2.05, 4.69) is 27.9 Å². The Morgan fingerprint density at radius 1 is 1.25 bits per heavy atom. The van der Waals surface area contributed by atoms with Gasteiger partial charge in [0.05, 0.1) is 6.61 Å². The summed E-state index contributed by atoms with van der Waals surface area (Å²) in [4.78, 5) is 16.1. The Morgan fingerprint density at radius 2 is 2.00 bits per heavy atom. The zero-order chi connectivity index (χ0) is 17.6. The molecule has 1 saturated carbocycles. The summed E-state index contributed by atoms with van der Waals surface area (Å²) in [5, 5.41) is 9.40. The van der Waals surface area contributed by atoms with Crippen molar-refractivity contribution >= 4 is 11.9 Å². The van der Waals surface area contributed by atoms with Crippen LogP contribution in [0.15, 0.2) is 4.99 Å². The van der Waals surface area contributed by atoms with Crippen LogP contribution in [0.2, 0.25) is 0 Å². The molecule has 0 aromatic rings. The highest BCUT2D eigenvalue weighted by atomic mass is 16.5. The minimum Gasteiger partial charge on any atom is -0.383 e. The fourth-order valence-corrected chi connectivity index (χ4v) is 3.09. The Kier molecular flexibility index (Phi) is 11.3. The highest BCUT2D eigenvalue weighted by molar-refractivity contribution is 5.85. The quantitative estimate of drug-likeness (QED) is 0.323. The van der Waals surface area contributed by atoms with Crippen molar-refractivity contribution < 1.29 is 9.53 Å². The lowest BCUT2D eigenvalue weighted by atomic mass is 9.85. The molecule has 0 aromatic heterocycles. The van der Waals surface area contributed by atoms with E-state index in [1.54, 1.807) is 7.11 Å². The van der Waals surface area contributed by atoms with E-state index < -0.39 is 0 Å². The molecule has 1 amide bonds. The fraction of sp³-hybridized carbons (Fsp3) is 0.889. The van der Waals surface area contributed by atoms with E-state index in [4.69, 9.17) is 4.74 Å². The molecule has 1 aliphatic carbocycles. The lowest BCUT2D eigenvalue weighted by Gasteiger charge is -2.24. The first-order valence-electron chi connectivity index (χ1n) is 9.46. The number of ether oxygens (including phenoxy) is 1. The largest absolute Gasteiger partial charge is 0.383 e. The van der Waals surface area contributed by atoms with Crippen LogP contribution in [-0.4, -0.2) is 51.3 Å². The molecular weight excluding hydrogens is 304 g/mol.